The molecule has 0 saturated carbocycles. The molecule has 0 bridgehead atoms. The van der Waals surface area contributed by atoms with Gasteiger partial charge in [-0.2, -0.15) is 0 Å². The van der Waals surface area contributed by atoms with E-state index in [1.165, 1.54) is 0 Å². The lowest BCUT2D eigenvalue weighted by Gasteiger charge is -2.13. The highest BCUT2D eigenvalue weighted by molar-refractivity contribution is 9.10. The highest BCUT2D eigenvalue weighted by atomic mass is 79.9. The van der Waals surface area contributed by atoms with E-state index in [0.29, 0.717) is 11.4 Å². The van der Waals surface area contributed by atoms with Gasteiger partial charge in [0.15, 0.2) is 0 Å². The number of halogens is 1. The van der Waals surface area contributed by atoms with Crippen LogP contribution in [0.5, 0.6) is 0 Å². The van der Waals surface area contributed by atoms with E-state index < -0.39 is 10.0 Å². The van der Waals surface area contributed by atoms with Crippen molar-refractivity contribution in [3.8, 4) is 0 Å². The maximum atomic E-state index is 12.5. The van der Waals surface area contributed by atoms with Crippen molar-refractivity contribution < 1.29 is 8.42 Å². The number of nitrogens with one attached hydrogen (secondary N) is 2. The molecule has 0 aliphatic rings. The maximum absolute atomic E-state index is 12.5. The molecule has 21 heavy (non-hydrogen) atoms. The fourth-order valence-electron chi connectivity index (χ4n) is 1.83. The lowest BCUT2D eigenvalue weighted by molar-refractivity contribution is 0.601. The van der Waals surface area contributed by atoms with Crippen LogP contribution in [0.3, 0.4) is 0 Å². The molecule has 0 saturated heterocycles. The monoisotopic (exact) mass is 368 g/mol. The first-order chi connectivity index (χ1) is 10.0. The van der Waals surface area contributed by atoms with Crippen molar-refractivity contribution in [3.05, 3.63) is 53.0 Å². The number of anilines is 2. The Labute approximate surface area is 133 Å². The van der Waals surface area contributed by atoms with Crippen LogP contribution in [0, 0.1) is 0 Å². The van der Waals surface area contributed by atoms with Gasteiger partial charge in [-0.05, 0) is 42.8 Å². The quantitative estimate of drug-likeness (QED) is 0.807. The molecule has 0 unspecified atom stereocenters. The zero-order chi connectivity index (χ0) is 15.3. The summed E-state index contributed by atoms with van der Waals surface area (Å²) >= 11 is 3.32. The highest BCUT2D eigenvalue weighted by Crippen LogP contribution is 2.24. The van der Waals surface area contributed by atoms with Crippen molar-refractivity contribution in [1.29, 1.82) is 0 Å². The summed E-state index contributed by atoms with van der Waals surface area (Å²) < 4.78 is 28.5. The number of benzene rings is 2. The summed E-state index contributed by atoms with van der Waals surface area (Å²) in [5.41, 5.74) is 1.15. The molecular weight excluding hydrogens is 352 g/mol. The molecule has 0 aliphatic carbocycles. The standard InChI is InChI=1S/C15H17BrN2O2S/c1-2-11-17-14-5-3-4-6-15(14)21(19,20)18-13-9-7-12(16)8-10-13/h3-10,17-18H,2,11H2,1H3. The van der Waals surface area contributed by atoms with Crippen LogP contribution >= 0.6 is 15.9 Å². The molecule has 0 radical (unpaired) electrons. The number of sulfonamides is 1. The minimum absolute atomic E-state index is 0.251. The molecule has 4 nitrogen and oxygen atoms in total. The smallest absolute Gasteiger partial charge is 0.263 e. The van der Waals surface area contributed by atoms with Gasteiger partial charge >= 0.3 is 0 Å². The molecule has 0 aliphatic heterocycles. The van der Waals surface area contributed by atoms with Gasteiger partial charge in [0.1, 0.15) is 4.90 Å². The SMILES string of the molecule is CCCNc1ccccc1S(=O)(=O)Nc1ccc(Br)cc1. The Morgan fingerprint density at radius 3 is 2.38 bits per heavy atom. The number of hydrogen-bond donors (Lipinski definition) is 2. The van der Waals surface area contributed by atoms with Crippen molar-refractivity contribution in [1.82, 2.24) is 0 Å². The van der Waals surface area contributed by atoms with E-state index in [9.17, 15) is 8.42 Å². The largest absolute Gasteiger partial charge is 0.384 e. The van der Waals surface area contributed by atoms with Crippen LogP contribution in [-0.4, -0.2) is 15.0 Å². The Morgan fingerprint density at radius 1 is 1.05 bits per heavy atom. The zero-order valence-electron chi connectivity index (χ0n) is 11.6. The Balaban J connectivity index is 2.29. The lowest BCUT2D eigenvalue weighted by Crippen LogP contribution is -2.15. The van der Waals surface area contributed by atoms with Crippen LogP contribution in [0.25, 0.3) is 0 Å². The van der Waals surface area contributed by atoms with Crippen molar-refractivity contribution >= 4 is 37.3 Å². The molecule has 0 heterocycles. The summed E-state index contributed by atoms with van der Waals surface area (Å²) in [4.78, 5) is 0.251. The topological polar surface area (TPSA) is 58.2 Å². The van der Waals surface area contributed by atoms with Crippen LogP contribution in [-0.2, 0) is 10.0 Å². The fourth-order valence-corrected chi connectivity index (χ4v) is 3.34. The predicted octanol–water partition coefficient (Wildman–Crippen LogP) is 4.07. The predicted molar refractivity (Wildman–Crippen MR) is 90.2 cm³/mol. The van der Waals surface area contributed by atoms with Crippen LogP contribution in [0.2, 0.25) is 0 Å². The summed E-state index contributed by atoms with van der Waals surface area (Å²) in [6, 6.07) is 13.9. The third-order valence-corrected chi connectivity index (χ3v) is 4.81. The highest BCUT2D eigenvalue weighted by Gasteiger charge is 2.18. The Bertz CT molecular complexity index is 700. The van der Waals surface area contributed by atoms with Crippen LogP contribution in [0.15, 0.2) is 57.9 Å². The number of rotatable bonds is 6. The van der Waals surface area contributed by atoms with Crippen LogP contribution in [0.1, 0.15) is 13.3 Å². The van der Waals surface area contributed by atoms with E-state index >= 15 is 0 Å². The number of hydrogen-bond acceptors (Lipinski definition) is 3. The van der Waals surface area contributed by atoms with Crippen LogP contribution in [0.4, 0.5) is 11.4 Å². The molecule has 2 aromatic rings. The van der Waals surface area contributed by atoms with E-state index in [4.69, 9.17) is 0 Å². The first kappa shape index (κ1) is 15.9. The average molecular weight is 369 g/mol. The van der Waals surface area contributed by atoms with Gasteiger partial charge in [0, 0.05) is 16.7 Å². The normalized spacial score (nSPS) is 11.1. The Kier molecular flexibility index (Phi) is 5.25. The van der Waals surface area contributed by atoms with Gasteiger partial charge < -0.3 is 5.32 Å². The third kappa shape index (κ3) is 4.22. The molecule has 6 heteroatoms. The molecule has 0 aromatic heterocycles. The molecule has 0 amide bonds. The molecule has 0 atom stereocenters. The van der Waals surface area contributed by atoms with Crippen LogP contribution < -0.4 is 10.0 Å². The second kappa shape index (κ2) is 6.95. The molecule has 0 fully saturated rings. The zero-order valence-corrected chi connectivity index (χ0v) is 14.0. The second-order valence-electron chi connectivity index (χ2n) is 4.54. The molecular formula is C15H17BrN2O2S. The first-order valence-electron chi connectivity index (χ1n) is 6.64. The summed E-state index contributed by atoms with van der Waals surface area (Å²) in [5, 5.41) is 3.14. The average Bonchev–Trinajstić information content (AvgIpc) is 2.47. The van der Waals surface area contributed by atoms with Crippen molar-refractivity contribution in [2.75, 3.05) is 16.6 Å². The summed E-state index contributed by atoms with van der Waals surface area (Å²) in [6.07, 6.45) is 0.925. The third-order valence-electron chi connectivity index (χ3n) is 2.84. The summed E-state index contributed by atoms with van der Waals surface area (Å²) in [7, 11) is -3.62. The minimum Gasteiger partial charge on any atom is -0.384 e. The van der Waals surface area contributed by atoms with Gasteiger partial charge in [-0.15, -0.1) is 0 Å². The van der Waals surface area contributed by atoms with E-state index in [1.54, 1.807) is 42.5 Å². The fraction of sp³-hybridized carbons (Fsp3) is 0.200. The van der Waals surface area contributed by atoms with E-state index in [2.05, 4.69) is 26.0 Å². The molecule has 2 rings (SSSR count). The first-order valence-corrected chi connectivity index (χ1v) is 8.92. The summed E-state index contributed by atoms with van der Waals surface area (Å²) in [6.45, 7) is 2.76. The van der Waals surface area contributed by atoms with Gasteiger partial charge in [-0.25, -0.2) is 8.42 Å². The van der Waals surface area contributed by atoms with Crippen molar-refractivity contribution in [2.24, 2.45) is 0 Å². The van der Waals surface area contributed by atoms with E-state index in [-0.39, 0.29) is 4.90 Å². The van der Waals surface area contributed by atoms with Gasteiger partial charge in [0.25, 0.3) is 10.0 Å². The Morgan fingerprint density at radius 2 is 1.71 bits per heavy atom. The van der Waals surface area contributed by atoms with Crippen molar-refractivity contribution in [3.63, 3.8) is 0 Å². The minimum atomic E-state index is -3.62. The Hall–Kier alpha value is -1.53. The van der Waals surface area contributed by atoms with Gasteiger partial charge in [0.05, 0.1) is 5.69 Å². The van der Waals surface area contributed by atoms with Gasteiger partial charge in [0.2, 0.25) is 0 Å². The van der Waals surface area contributed by atoms with E-state index in [1.807, 2.05) is 13.0 Å². The molecule has 2 N–H and O–H groups in total. The number of para-hydroxylation sites is 1. The molecule has 2 aromatic carbocycles. The molecule has 112 valence electrons. The van der Waals surface area contributed by atoms with Gasteiger partial charge in [-0.1, -0.05) is 35.0 Å². The maximum Gasteiger partial charge on any atom is 0.263 e. The second-order valence-corrected chi connectivity index (χ2v) is 7.10. The van der Waals surface area contributed by atoms with Gasteiger partial charge in [-0.3, -0.25) is 4.72 Å². The molecule has 0 spiro atoms. The summed E-state index contributed by atoms with van der Waals surface area (Å²) in [5.74, 6) is 0. The van der Waals surface area contributed by atoms with E-state index in [0.717, 1.165) is 17.4 Å². The lowest BCUT2D eigenvalue weighted by atomic mass is 10.3. The van der Waals surface area contributed by atoms with Crippen molar-refractivity contribution in [2.45, 2.75) is 18.2 Å².